The third-order valence-electron chi connectivity index (χ3n) is 4.68. The molecule has 1 unspecified atom stereocenters. The molecule has 1 atom stereocenters. The van der Waals surface area contributed by atoms with E-state index in [1.807, 2.05) is 0 Å². The van der Waals surface area contributed by atoms with Gasteiger partial charge in [0.1, 0.15) is 0 Å². The summed E-state index contributed by atoms with van der Waals surface area (Å²) >= 11 is 14.3. The molecule has 1 aliphatic heterocycles. The monoisotopic (exact) mass is 538 g/mol. The minimum atomic E-state index is -3.67. The maximum absolute atomic E-state index is 12.9. The number of thioether (sulfide) groups is 1. The van der Waals surface area contributed by atoms with Crippen molar-refractivity contribution in [3.05, 3.63) is 33.8 Å². The van der Waals surface area contributed by atoms with Crippen LogP contribution in [0.1, 0.15) is 18.4 Å². The number of anilines is 1. The van der Waals surface area contributed by atoms with Crippen molar-refractivity contribution in [1.29, 1.82) is 0 Å². The van der Waals surface area contributed by atoms with Gasteiger partial charge < -0.3 is 10.1 Å². The Hall–Kier alpha value is -1.44. The largest absolute Gasteiger partial charge is 0.468 e. The molecule has 0 bridgehead atoms. The molecular weight excluding hydrogens is 519 g/mol. The molecular formula is C18H20Cl2N4O5S3. The summed E-state index contributed by atoms with van der Waals surface area (Å²) < 4.78 is 32.2. The fourth-order valence-corrected chi connectivity index (χ4v) is 6.82. The molecule has 1 N–H and O–H groups in total. The number of methoxy groups -OCH3 is 1. The molecule has 2 heterocycles. The van der Waals surface area contributed by atoms with E-state index in [4.69, 9.17) is 23.2 Å². The molecule has 1 fully saturated rings. The first kappa shape index (κ1) is 25.2. The van der Waals surface area contributed by atoms with Crippen LogP contribution in [-0.2, 0) is 30.1 Å². The van der Waals surface area contributed by atoms with Gasteiger partial charge in [0.25, 0.3) is 0 Å². The molecule has 174 valence electrons. The predicted octanol–water partition coefficient (Wildman–Crippen LogP) is 3.29. The zero-order valence-corrected chi connectivity index (χ0v) is 20.9. The quantitative estimate of drug-likeness (QED) is 0.309. The molecule has 0 saturated carbocycles. The number of nitrogens with zero attached hydrogens (tertiary/aromatic N) is 3. The number of hydrogen-bond donors (Lipinski definition) is 1. The summed E-state index contributed by atoms with van der Waals surface area (Å²) in [4.78, 5) is 23.9. The Bertz CT molecular complexity index is 1100. The number of esters is 1. The zero-order valence-electron chi connectivity index (χ0n) is 16.9. The van der Waals surface area contributed by atoms with Crippen molar-refractivity contribution in [2.24, 2.45) is 5.92 Å². The van der Waals surface area contributed by atoms with Crippen molar-refractivity contribution >= 4 is 73.3 Å². The van der Waals surface area contributed by atoms with Crippen molar-refractivity contribution in [2.75, 3.05) is 31.3 Å². The average molecular weight is 539 g/mol. The number of rotatable bonds is 8. The molecule has 0 spiro atoms. The van der Waals surface area contributed by atoms with Gasteiger partial charge in [-0.05, 0) is 30.5 Å². The summed E-state index contributed by atoms with van der Waals surface area (Å²) in [5, 5.41) is 11.5. The number of carbonyl (C=O) groups excluding carboxylic acids is 2. The summed E-state index contributed by atoms with van der Waals surface area (Å²) in [6.45, 7) is 0.409. The lowest BCUT2D eigenvalue weighted by atomic mass is 9.99. The third kappa shape index (κ3) is 6.78. The fourth-order valence-electron chi connectivity index (χ4n) is 3.04. The van der Waals surface area contributed by atoms with E-state index in [1.165, 1.54) is 17.5 Å². The van der Waals surface area contributed by atoms with Crippen LogP contribution in [0.15, 0.2) is 22.5 Å². The molecule has 2 aromatic rings. The summed E-state index contributed by atoms with van der Waals surface area (Å²) in [6.07, 6.45) is 1.12. The first-order chi connectivity index (χ1) is 15.2. The molecule has 1 aromatic carbocycles. The molecule has 1 aliphatic rings. The van der Waals surface area contributed by atoms with E-state index in [9.17, 15) is 18.0 Å². The van der Waals surface area contributed by atoms with Crippen molar-refractivity contribution in [3.8, 4) is 0 Å². The second kappa shape index (κ2) is 11.1. The van der Waals surface area contributed by atoms with Crippen molar-refractivity contribution < 1.29 is 22.7 Å². The van der Waals surface area contributed by atoms with Gasteiger partial charge in [-0.25, -0.2) is 12.7 Å². The maximum atomic E-state index is 12.9. The van der Waals surface area contributed by atoms with Crippen LogP contribution in [0.5, 0.6) is 0 Å². The number of ether oxygens (including phenoxy) is 1. The SMILES string of the molecule is COC(=O)CSc1nnc(NC(=O)C2CCCN(S(=O)(=O)Cc3ccc(Cl)cc3Cl)C2)s1. The number of hydrogen-bond acceptors (Lipinski definition) is 9. The Kier molecular flexibility index (Phi) is 8.75. The maximum Gasteiger partial charge on any atom is 0.316 e. The summed E-state index contributed by atoms with van der Waals surface area (Å²) in [6, 6.07) is 4.67. The van der Waals surface area contributed by atoms with Gasteiger partial charge >= 0.3 is 5.97 Å². The smallest absolute Gasteiger partial charge is 0.316 e. The number of carbonyl (C=O) groups is 2. The van der Waals surface area contributed by atoms with Crippen LogP contribution in [0.4, 0.5) is 5.13 Å². The highest BCUT2D eigenvalue weighted by Gasteiger charge is 2.33. The standard InChI is InChI=1S/C18H20Cl2N4O5S3/c1-29-15(25)9-30-18-23-22-17(31-18)21-16(26)11-3-2-6-24(8-11)32(27,28)10-12-4-5-13(19)7-14(12)20/h4-5,7,11H,2-3,6,8-10H2,1H3,(H,21,22,26). The van der Waals surface area contributed by atoms with E-state index in [2.05, 4.69) is 20.3 Å². The van der Waals surface area contributed by atoms with E-state index >= 15 is 0 Å². The minimum absolute atomic E-state index is 0.0716. The number of benzene rings is 1. The highest BCUT2D eigenvalue weighted by Crippen LogP contribution is 2.28. The third-order valence-corrected chi connectivity index (χ3v) is 9.01. The summed E-state index contributed by atoms with van der Waals surface area (Å²) in [7, 11) is -2.37. The van der Waals surface area contributed by atoms with Crippen LogP contribution in [-0.4, -0.2) is 60.7 Å². The highest BCUT2D eigenvalue weighted by molar-refractivity contribution is 8.01. The van der Waals surface area contributed by atoms with Crippen LogP contribution in [0.25, 0.3) is 0 Å². The minimum Gasteiger partial charge on any atom is -0.468 e. The molecule has 1 aromatic heterocycles. The molecule has 32 heavy (non-hydrogen) atoms. The topological polar surface area (TPSA) is 119 Å². The van der Waals surface area contributed by atoms with Crippen molar-refractivity contribution in [1.82, 2.24) is 14.5 Å². The molecule has 0 aliphatic carbocycles. The second-order valence-electron chi connectivity index (χ2n) is 6.92. The lowest BCUT2D eigenvalue weighted by Crippen LogP contribution is -2.44. The van der Waals surface area contributed by atoms with Gasteiger partial charge in [-0.1, -0.05) is 52.4 Å². The predicted molar refractivity (Wildman–Crippen MR) is 125 cm³/mol. The number of piperidine rings is 1. The lowest BCUT2D eigenvalue weighted by molar-refractivity contribution is -0.137. The highest BCUT2D eigenvalue weighted by atomic mass is 35.5. The van der Waals surface area contributed by atoms with Gasteiger partial charge in [0.2, 0.25) is 21.1 Å². The number of nitrogens with one attached hydrogen (secondary N) is 1. The summed E-state index contributed by atoms with van der Waals surface area (Å²) in [5.41, 5.74) is 0.452. The van der Waals surface area contributed by atoms with Gasteiger partial charge in [0.05, 0.1) is 24.5 Å². The molecule has 1 amide bonds. The number of amides is 1. The van der Waals surface area contributed by atoms with Gasteiger partial charge in [0, 0.05) is 23.1 Å². The Morgan fingerprint density at radius 3 is 2.84 bits per heavy atom. The number of sulfonamides is 1. The Labute approximate surface area is 203 Å². The van der Waals surface area contributed by atoms with Crippen LogP contribution in [0, 0.1) is 5.92 Å². The van der Waals surface area contributed by atoms with E-state index in [-0.39, 0.29) is 40.1 Å². The molecule has 14 heteroatoms. The van der Waals surface area contributed by atoms with Gasteiger partial charge in [-0.2, -0.15) is 0 Å². The number of aromatic nitrogens is 2. The Balaban J connectivity index is 1.59. The van der Waals surface area contributed by atoms with Crippen LogP contribution < -0.4 is 5.32 Å². The zero-order chi connectivity index (χ0) is 23.3. The normalized spacial score (nSPS) is 17.2. The van der Waals surface area contributed by atoms with E-state index in [0.717, 1.165) is 23.1 Å². The molecule has 3 rings (SSSR count). The number of halogens is 2. The summed E-state index contributed by atoms with van der Waals surface area (Å²) in [5.74, 6) is -1.41. The van der Waals surface area contributed by atoms with Gasteiger partial charge in [-0.3, -0.25) is 9.59 Å². The first-order valence-electron chi connectivity index (χ1n) is 9.43. The fraction of sp³-hybridized carbons (Fsp3) is 0.444. The molecule has 9 nitrogen and oxygen atoms in total. The van der Waals surface area contributed by atoms with Crippen LogP contribution in [0.3, 0.4) is 0 Å². The lowest BCUT2D eigenvalue weighted by Gasteiger charge is -2.31. The first-order valence-corrected chi connectivity index (χ1v) is 13.6. The van der Waals surface area contributed by atoms with Gasteiger partial charge in [-0.15, -0.1) is 10.2 Å². The van der Waals surface area contributed by atoms with Gasteiger partial charge in [0.15, 0.2) is 4.34 Å². The van der Waals surface area contributed by atoms with E-state index in [0.29, 0.717) is 34.3 Å². The average Bonchev–Trinajstić information content (AvgIpc) is 3.21. The van der Waals surface area contributed by atoms with Crippen LogP contribution >= 0.6 is 46.3 Å². The van der Waals surface area contributed by atoms with Crippen molar-refractivity contribution in [3.63, 3.8) is 0 Å². The Morgan fingerprint density at radius 2 is 2.12 bits per heavy atom. The Morgan fingerprint density at radius 1 is 1.34 bits per heavy atom. The van der Waals surface area contributed by atoms with E-state index in [1.54, 1.807) is 12.1 Å². The second-order valence-corrected chi connectivity index (χ2v) is 11.9. The van der Waals surface area contributed by atoms with E-state index < -0.39 is 15.9 Å². The van der Waals surface area contributed by atoms with Crippen molar-refractivity contribution in [2.45, 2.75) is 22.9 Å². The molecule has 0 radical (unpaired) electrons. The van der Waals surface area contributed by atoms with Crippen LogP contribution in [0.2, 0.25) is 10.0 Å². The molecule has 1 saturated heterocycles.